The fourth-order valence-electron chi connectivity index (χ4n) is 9.63. The maximum absolute atomic E-state index is 12.9. The molecule has 528 valence electrons. The highest BCUT2D eigenvalue weighted by atomic mass is 31.2. The number of unbranched alkanes of at least 4 members (excludes halogenated alkanes) is 31. The van der Waals surface area contributed by atoms with E-state index in [9.17, 15) is 43.5 Å². The van der Waals surface area contributed by atoms with Gasteiger partial charge in [0, 0.05) is 19.3 Å². The van der Waals surface area contributed by atoms with Gasteiger partial charge in [0.25, 0.3) is 0 Å². The molecule has 0 aromatic carbocycles. The minimum atomic E-state index is -4.92. The first-order valence-corrected chi connectivity index (χ1v) is 38.9. The second-order valence-electron chi connectivity index (χ2n) is 24.0. The molecule has 5 atom stereocenters. The summed E-state index contributed by atoms with van der Waals surface area (Å²) >= 11 is 0. The SMILES string of the molecule is CC/C=C\C/C=C\C/C=C\CCCCCCCC(=O)OCC(COP(=O)(O)OCC(O)COP(=O)(O)OCC(O)COC(=O)CCCCCCCCCCCCCCC/C=C\C/C=C\C/C=C\C/C=C\CCCCC)OC(=O)CCCCCCCCCCCCC. The zero-order valence-electron chi connectivity index (χ0n) is 57.3. The summed E-state index contributed by atoms with van der Waals surface area (Å²) in [5.74, 6) is -1.59. The van der Waals surface area contributed by atoms with Crippen LogP contribution in [0.2, 0.25) is 0 Å². The van der Waals surface area contributed by atoms with E-state index in [4.69, 9.17) is 32.3 Å². The van der Waals surface area contributed by atoms with E-state index >= 15 is 0 Å². The van der Waals surface area contributed by atoms with Crippen molar-refractivity contribution in [3.8, 4) is 0 Å². The number of hydrogen-bond donors (Lipinski definition) is 4. The van der Waals surface area contributed by atoms with Crippen LogP contribution in [0.25, 0.3) is 0 Å². The number of carbonyl (C=O) groups is 3. The third kappa shape index (κ3) is 67.9. The number of esters is 3. The molecule has 0 radical (unpaired) electrons. The molecular formula is C73H130O16P2. The smallest absolute Gasteiger partial charge is 0.463 e. The first-order chi connectivity index (χ1) is 44.2. The standard InChI is InChI=1S/C73H130O16P2/c1-4-7-10-13-16-19-22-24-26-27-28-29-30-31-32-33-34-35-36-37-38-39-41-43-45-47-50-53-56-59-71(76)83-62-68(74)63-85-90(79,80)86-64-69(75)65-87-91(81,82)88-67-70(89-73(78)61-58-55-52-49-44-21-18-15-12-9-6-3)66-84-72(77)60-57-54-51-48-46-42-40-25-23-20-17-14-11-8-5-2/h8,11,16-17,19-20,24-26,28-29,31-32,40,68-70,74-75H,4-7,9-10,12-15,18,21-23,27,30,33-39,41-67H2,1-3H3,(H,79,80)(H,81,82)/b11-8-,19-16-,20-17-,26-24-,29-28-,32-31-,40-25-. The van der Waals surface area contributed by atoms with Crippen LogP contribution in [0.4, 0.5) is 0 Å². The van der Waals surface area contributed by atoms with E-state index in [2.05, 4.69) is 106 Å². The first-order valence-electron chi connectivity index (χ1n) is 35.9. The van der Waals surface area contributed by atoms with Crippen molar-refractivity contribution in [1.82, 2.24) is 0 Å². The van der Waals surface area contributed by atoms with Gasteiger partial charge in [0.15, 0.2) is 6.10 Å². The lowest BCUT2D eigenvalue weighted by Gasteiger charge is -2.21. The number of carbonyl (C=O) groups excluding carboxylic acids is 3. The van der Waals surface area contributed by atoms with Crippen LogP contribution in [0.1, 0.15) is 303 Å². The van der Waals surface area contributed by atoms with E-state index in [1.54, 1.807) is 0 Å². The first kappa shape index (κ1) is 87.7. The molecule has 0 rings (SSSR count). The molecule has 0 aromatic heterocycles. The van der Waals surface area contributed by atoms with Gasteiger partial charge in [-0.05, 0) is 96.3 Å². The van der Waals surface area contributed by atoms with Crippen LogP contribution in [0.5, 0.6) is 0 Å². The summed E-state index contributed by atoms with van der Waals surface area (Å²) in [6, 6.07) is 0. The third-order valence-corrected chi connectivity index (χ3v) is 17.0. The lowest BCUT2D eigenvalue weighted by molar-refractivity contribution is -0.161. The minimum absolute atomic E-state index is 0.104. The van der Waals surface area contributed by atoms with Gasteiger partial charge < -0.3 is 34.2 Å². The summed E-state index contributed by atoms with van der Waals surface area (Å²) < 4.78 is 60.8. The van der Waals surface area contributed by atoms with Gasteiger partial charge in [0.2, 0.25) is 0 Å². The normalized spacial score (nSPS) is 14.7. The van der Waals surface area contributed by atoms with Crippen LogP contribution < -0.4 is 0 Å². The van der Waals surface area contributed by atoms with Gasteiger partial charge in [-0.25, -0.2) is 9.13 Å². The molecule has 0 bridgehead atoms. The van der Waals surface area contributed by atoms with Gasteiger partial charge in [-0.1, -0.05) is 273 Å². The Kier molecular flexibility index (Phi) is 64.3. The molecule has 0 spiro atoms. The lowest BCUT2D eigenvalue weighted by Crippen LogP contribution is -2.30. The Morgan fingerprint density at radius 3 is 0.945 bits per heavy atom. The summed E-state index contributed by atoms with van der Waals surface area (Å²) in [5, 5.41) is 20.6. The second-order valence-corrected chi connectivity index (χ2v) is 26.9. The van der Waals surface area contributed by atoms with Gasteiger partial charge in [0.05, 0.1) is 26.4 Å². The van der Waals surface area contributed by atoms with E-state index < -0.39 is 91.5 Å². The molecule has 0 aliphatic carbocycles. The van der Waals surface area contributed by atoms with Crippen molar-refractivity contribution in [3.05, 3.63) is 85.1 Å². The fraction of sp³-hybridized carbons (Fsp3) is 0.767. The lowest BCUT2D eigenvalue weighted by atomic mass is 10.0. The quantitative estimate of drug-likeness (QED) is 0.0146. The average Bonchev–Trinajstić information content (AvgIpc) is 3.69. The van der Waals surface area contributed by atoms with E-state index in [1.807, 2.05) is 0 Å². The van der Waals surface area contributed by atoms with Crippen LogP contribution in [0.3, 0.4) is 0 Å². The molecule has 5 unspecified atom stereocenters. The molecule has 0 saturated carbocycles. The molecule has 0 aliphatic heterocycles. The number of allylic oxidation sites excluding steroid dienone is 14. The van der Waals surface area contributed by atoms with Crippen molar-refractivity contribution in [2.24, 2.45) is 0 Å². The van der Waals surface area contributed by atoms with E-state index in [-0.39, 0.29) is 19.3 Å². The van der Waals surface area contributed by atoms with Crippen molar-refractivity contribution >= 4 is 33.6 Å². The Labute approximate surface area is 553 Å². The largest absolute Gasteiger partial charge is 0.472 e. The number of phosphoric acid groups is 2. The number of ether oxygens (including phenoxy) is 3. The van der Waals surface area contributed by atoms with Crippen molar-refractivity contribution in [3.63, 3.8) is 0 Å². The molecule has 16 nitrogen and oxygen atoms in total. The highest BCUT2D eigenvalue weighted by Crippen LogP contribution is 2.45. The Bertz CT molecular complexity index is 2000. The average molecular weight is 1330 g/mol. The summed E-state index contributed by atoms with van der Waals surface area (Å²) in [7, 11) is -9.77. The predicted octanol–water partition coefficient (Wildman–Crippen LogP) is 20.1. The molecule has 0 fully saturated rings. The van der Waals surface area contributed by atoms with E-state index in [0.717, 1.165) is 122 Å². The molecule has 0 amide bonds. The highest BCUT2D eigenvalue weighted by Gasteiger charge is 2.29. The second kappa shape index (κ2) is 66.7. The van der Waals surface area contributed by atoms with Gasteiger partial charge in [0.1, 0.15) is 25.4 Å². The maximum atomic E-state index is 12.9. The Morgan fingerprint density at radius 1 is 0.319 bits per heavy atom. The monoisotopic (exact) mass is 1320 g/mol. The Balaban J connectivity index is 4.40. The van der Waals surface area contributed by atoms with E-state index in [0.29, 0.717) is 19.3 Å². The van der Waals surface area contributed by atoms with Crippen LogP contribution in [-0.2, 0) is 55.8 Å². The molecular weight excluding hydrogens is 1190 g/mol. The maximum Gasteiger partial charge on any atom is 0.472 e. The molecule has 18 heteroatoms. The summed E-state index contributed by atoms with van der Waals surface area (Å²) in [6.45, 7) is 2.52. The number of rotatable bonds is 68. The molecule has 4 N–H and O–H groups in total. The Morgan fingerprint density at radius 2 is 0.582 bits per heavy atom. The van der Waals surface area contributed by atoms with Crippen molar-refractivity contribution in [2.45, 2.75) is 322 Å². The van der Waals surface area contributed by atoms with Gasteiger partial charge in [-0.15, -0.1) is 0 Å². The summed E-state index contributed by atoms with van der Waals surface area (Å²) in [5.41, 5.74) is 0. The fourth-order valence-corrected chi connectivity index (χ4v) is 11.2. The summed E-state index contributed by atoms with van der Waals surface area (Å²) in [4.78, 5) is 58.3. The third-order valence-electron chi connectivity index (χ3n) is 15.1. The molecule has 91 heavy (non-hydrogen) atoms. The number of aliphatic hydroxyl groups is 2. The van der Waals surface area contributed by atoms with E-state index in [1.165, 1.54) is 122 Å². The van der Waals surface area contributed by atoms with Crippen LogP contribution in [0.15, 0.2) is 85.1 Å². The van der Waals surface area contributed by atoms with Gasteiger partial charge in [-0.3, -0.25) is 32.5 Å². The zero-order chi connectivity index (χ0) is 66.7. The van der Waals surface area contributed by atoms with Gasteiger partial charge in [-0.2, -0.15) is 0 Å². The number of hydrogen-bond acceptors (Lipinski definition) is 14. The van der Waals surface area contributed by atoms with Crippen LogP contribution in [0, 0.1) is 0 Å². The molecule has 0 saturated heterocycles. The van der Waals surface area contributed by atoms with Crippen molar-refractivity contribution < 1.29 is 75.8 Å². The van der Waals surface area contributed by atoms with Gasteiger partial charge >= 0.3 is 33.6 Å². The topological polar surface area (TPSA) is 231 Å². The van der Waals surface area contributed by atoms with Crippen LogP contribution >= 0.6 is 15.6 Å². The molecule has 0 heterocycles. The zero-order valence-corrected chi connectivity index (χ0v) is 59.0. The molecule has 0 aromatic rings. The number of phosphoric ester groups is 2. The number of aliphatic hydroxyl groups excluding tert-OH is 2. The minimum Gasteiger partial charge on any atom is -0.463 e. The predicted molar refractivity (Wildman–Crippen MR) is 371 cm³/mol. The summed E-state index contributed by atoms with van der Waals surface area (Å²) in [6.07, 6.45) is 72.3. The Hall–Kier alpha value is -3.27. The van der Waals surface area contributed by atoms with Crippen molar-refractivity contribution in [2.75, 3.05) is 39.6 Å². The highest BCUT2D eigenvalue weighted by molar-refractivity contribution is 7.47. The molecule has 0 aliphatic rings. The van der Waals surface area contributed by atoms with Crippen LogP contribution in [-0.4, -0.2) is 95.9 Å². The van der Waals surface area contributed by atoms with Crippen molar-refractivity contribution in [1.29, 1.82) is 0 Å².